The van der Waals surface area contributed by atoms with Gasteiger partial charge in [-0.05, 0) is 55.2 Å². The first-order valence-electron chi connectivity index (χ1n) is 10.5. The fourth-order valence-electron chi connectivity index (χ4n) is 3.44. The third-order valence-corrected chi connectivity index (χ3v) is 5.44. The number of imide groups is 1. The lowest BCUT2D eigenvalue weighted by molar-refractivity contribution is -0.125. The number of carbonyl (C=O) groups is 4. The SMILES string of the molecule is CC(NC(=O)Nc1cccc(CN2C(=O)CNC2=O)c1)c1ccc(NC(=O)C2CC2)cc1. The molecule has 1 heterocycles. The number of benzene rings is 2. The maximum atomic E-state index is 12.4. The summed E-state index contributed by atoms with van der Waals surface area (Å²) in [6.07, 6.45) is 1.91. The Balaban J connectivity index is 1.30. The number of hydrogen-bond acceptors (Lipinski definition) is 4. The second-order valence-electron chi connectivity index (χ2n) is 8.04. The zero-order valence-electron chi connectivity index (χ0n) is 17.7. The quantitative estimate of drug-likeness (QED) is 0.500. The minimum absolute atomic E-state index is 0.00490. The van der Waals surface area contributed by atoms with Crippen molar-refractivity contribution >= 4 is 35.3 Å². The smallest absolute Gasteiger partial charge is 0.324 e. The van der Waals surface area contributed by atoms with Gasteiger partial charge < -0.3 is 21.3 Å². The molecule has 2 aromatic carbocycles. The van der Waals surface area contributed by atoms with Crippen molar-refractivity contribution in [3.8, 4) is 0 Å². The summed E-state index contributed by atoms with van der Waals surface area (Å²) in [6.45, 7) is 2.01. The van der Waals surface area contributed by atoms with Crippen molar-refractivity contribution in [1.29, 1.82) is 0 Å². The number of carbonyl (C=O) groups excluding carboxylic acids is 4. The first-order chi connectivity index (χ1) is 15.4. The molecular weight excluding hydrogens is 410 g/mol. The molecule has 2 aromatic rings. The van der Waals surface area contributed by atoms with E-state index in [0.29, 0.717) is 5.69 Å². The third kappa shape index (κ3) is 5.23. The standard InChI is InChI=1S/C23H25N5O4/c1-14(16-7-9-18(10-8-16)26-21(30)17-5-6-17)25-22(31)27-19-4-2-3-15(11-19)13-28-20(29)12-24-23(28)32/h2-4,7-11,14,17H,5-6,12-13H2,1H3,(H,24,32)(H,26,30)(H2,25,27,31). The van der Waals surface area contributed by atoms with Gasteiger partial charge in [-0.1, -0.05) is 24.3 Å². The van der Waals surface area contributed by atoms with E-state index in [4.69, 9.17) is 0 Å². The second-order valence-corrected chi connectivity index (χ2v) is 8.04. The molecule has 0 aromatic heterocycles. The summed E-state index contributed by atoms with van der Waals surface area (Å²) in [6, 6.07) is 13.3. The summed E-state index contributed by atoms with van der Waals surface area (Å²) in [7, 11) is 0. The summed E-state index contributed by atoms with van der Waals surface area (Å²) in [5.74, 6) is -0.0798. The highest BCUT2D eigenvalue weighted by atomic mass is 16.2. The summed E-state index contributed by atoms with van der Waals surface area (Å²) in [5, 5.41) is 11.0. The van der Waals surface area contributed by atoms with Crippen LogP contribution in [-0.2, 0) is 16.1 Å². The van der Waals surface area contributed by atoms with Gasteiger partial charge in [-0.3, -0.25) is 14.5 Å². The van der Waals surface area contributed by atoms with Crippen LogP contribution in [0.3, 0.4) is 0 Å². The molecular formula is C23H25N5O4. The van der Waals surface area contributed by atoms with Crippen LogP contribution in [0.4, 0.5) is 21.0 Å². The summed E-state index contributed by atoms with van der Waals surface area (Å²) in [5.41, 5.74) is 2.92. The summed E-state index contributed by atoms with van der Waals surface area (Å²) < 4.78 is 0. The molecule has 0 bridgehead atoms. The number of nitrogens with one attached hydrogen (secondary N) is 4. The molecule has 1 unspecified atom stereocenters. The highest BCUT2D eigenvalue weighted by molar-refractivity contribution is 6.01. The molecule has 0 spiro atoms. The fraction of sp³-hybridized carbons (Fsp3) is 0.304. The molecule has 6 amide bonds. The lowest BCUT2D eigenvalue weighted by Gasteiger charge is -2.17. The van der Waals surface area contributed by atoms with E-state index in [1.165, 1.54) is 0 Å². The van der Waals surface area contributed by atoms with E-state index in [-0.39, 0.29) is 42.9 Å². The molecule has 4 rings (SSSR count). The van der Waals surface area contributed by atoms with E-state index < -0.39 is 6.03 Å². The van der Waals surface area contributed by atoms with Crippen molar-refractivity contribution in [3.05, 3.63) is 59.7 Å². The van der Waals surface area contributed by atoms with Gasteiger partial charge in [0.1, 0.15) is 0 Å². The second kappa shape index (κ2) is 9.09. The zero-order chi connectivity index (χ0) is 22.7. The minimum atomic E-state index is -0.418. The number of urea groups is 2. The molecule has 9 nitrogen and oxygen atoms in total. The highest BCUT2D eigenvalue weighted by Gasteiger charge is 2.29. The Bertz CT molecular complexity index is 1030. The maximum Gasteiger partial charge on any atom is 0.324 e. The molecule has 4 N–H and O–H groups in total. The van der Waals surface area contributed by atoms with E-state index >= 15 is 0 Å². The molecule has 1 aliphatic carbocycles. The van der Waals surface area contributed by atoms with Gasteiger partial charge in [-0.25, -0.2) is 9.59 Å². The summed E-state index contributed by atoms with van der Waals surface area (Å²) in [4.78, 5) is 48.9. The van der Waals surface area contributed by atoms with Crippen LogP contribution >= 0.6 is 0 Å². The van der Waals surface area contributed by atoms with Gasteiger partial charge in [0.25, 0.3) is 0 Å². The van der Waals surface area contributed by atoms with Crippen molar-refractivity contribution < 1.29 is 19.2 Å². The Morgan fingerprint density at radius 1 is 1.06 bits per heavy atom. The van der Waals surface area contributed by atoms with E-state index in [1.807, 2.05) is 31.2 Å². The third-order valence-electron chi connectivity index (χ3n) is 5.44. The van der Waals surface area contributed by atoms with Crippen molar-refractivity contribution in [1.82, 2.24) is 15.5 Å². The Hall–Kier alpha value is -3.88. The molecule has 1 saturated heterocycles. The zero-order valence-corrected chi connectivity index (χ0v) is 17.7. The van der Waals surface area contributed by atoms with Gasteiger partial charge >= 0.3 is 12.1 Å². The lowest BCUT2D eigenvalue weighted by atomic mass is 10.1. The Labute approximate surface area is 185 Å². The topological polar surface area (TPSA) is 120 Å². The van der Waals surface area contributed by atoms with Crippen LogP contribution in [0, 0.1) is 5.92 Å². The van der Waals surface area contributed by atoms with Crippen LogP contribution < -0.4 is 21.3 Å². The van der Waals surface area contributed by atoms with Crippen molar-refractivity contribution in [2.75, 3.05) is 17.2 Å². The Morgan fingerprint density at radius 3 is 2.47 bits per heavy atom. The number of nitrogens with zero attached hydrogens (tertiary/aromatic N) is 1. The van der Waals surface area contributed by atoms with Gasteiger partial charge in [-0.15, -0.1) is 0 Å². The van der Waals surface area contributed by atoms with E-state index in [2.05, 4.69) is 21.3 Å². The first kappa shape index (κ1) is 21.4. The molecule has 166 valence electrons. The highest BCUT2D eigenvalue weighted by Crippen LogP contribution is 2.30. The number of rotatable bonds is 7. The largest absolute Gasteiger partial charge is 0.331 e. The fourth-order valence-corrected chi connectivity index (χ4v) is 3.44. The number of anilines is 2. The van der Waals surface area contributed by atoms with Gasteiger partial charge in [-0.2, -0.15) is 0 Å². The average Bonchev–Trinajstić information content (AvgIpc) is 3.57. The predicted molar refractivity (Wildman–Crippen MR) is 119 cm³/mol. The van der Waals surface area contributed by atoms with Crippen LogP contribution in [0.5, 0.6) is 0 Å². The van der Waals surface area contributed by atoms with Gasteiger partial charge in [0.2, 0.25) is 11.8 Å². The van der Waals surface area contributed by atoms with Gasteiger partial charge in [0.15, 0.2) is 0 Å². The van der Waals surface area contributed by atoms with Crippen LogP contribution in [0.25, 0.3) is 0 Å². The Morgan fingerprint density at radius 2 is 1.81 bits per heavy atom. The monoisotopic (exact) mass is 435 g/mol. The molecule has 1 aliphatic heterocycles. The van der Waals surface area contributed by atoms with E-state index in [9.17, 15) is 19.2 Å². The molecule has 9 heteroatoms. The van der Waals surface area contributed by atoms with E-state index in [0.717, 1.165) is 34.6 Å². The van der Waals surface area contributed by atoms with Crippen molar-refractivity contribution in [2.45, 2.75) is 32.4 Å². The average molecular weight is 435 g/mol. The predicted octanol–water partition coefficient (Wildman–Crippen LogP) is 2.97. The van der Waals surface area contributed by atoms with Crippen LogP contribution in [0.2, 0.25) is 0 Å². The molecule has 0 radical (unpaired) electrons. The minimum Gasteiger partial charge on any atom is -0.331 e. The first-order valence-corrected chi connectivity index (χ1v) is 10.5. The summed E-state index contributed by atoms with van der Waals surface area (Å²) >= 11 is 0. The molecule has 1 saturated carbocycles. The molecule has 2 fully saturated rings. The molecule has 32 heavy (non-hydrogen) atoms. The maximum absolute atomic E-state index is 12.4. The van der Waals surface area contributed by atoms with E-state index in [1.54, 1.807) is 24.3 Å². The van der Waals surface area contributed by atoms with Gasteiger partial charge in [0, 0.05) is 17.3 Å². The van der Waals surface area contributed by atoms with Crippen LogP contribution in [0.15, 0.2) is 48.5 Å². The Kier molecular flexibility index (Phi) is 6.07. The number of hydrogen-bond donors (Lipinski definition) is 4. The number of amides is 6. The van der Waals surface area contributed by atoms with Crippen molar-refractivity contribution in [2.24, 2.45) is 5.92 Å². The van der Waals surface area contributed by atoms with Gasteiger partial charge in [0.05, 0.1) is 19.1 Å². The molecule has 1 atom stereocenters. The van der Waals surface area contributed by atoms with Crippen LogP contribution in [0.1, 0.15) is 36.9 Å². The molecule has 2 aliphatic rings. The normalized spacial score (nSPS) is 16.3. The van der Waals surface area contributed by atoms with Crippen molar-refractivity contribution in [3.63, 3.8) is 0 Å². The van der Waals surface area contributed by atoms with Crippen LogP contribution in [-0.4, -0.2) is 35.3 Å². The lowest BCUT2D eigenvalue weighted by Crippen LogP contribution is -2.31.